The first kappa shape index (κ1) is 13.1. The molecule has 0 radical (unpaired) electrons. The molecule has 0 amide bonds. The van der Waals surface area contributed by atoms with Gasteiger partial charge in [0.2, 0.25) is 0 Å². The zero-order valence-corrected chi connectivity index (χ0v) is 11.1. The highest BCUT2D eigenvalue weighted by molar-refractivity contribution is 5.70. The van der Waals surface area contributed by atoms with Crippen LogP contribution in [0.25, 0.3) is 0 Å². The third kappa shape index (κ3) is 2.92. The Kier molecular flexibility index (Phi) is 4.40. The topological polar surface area (TPSA) is 37.3 Å². The van der Waals surface area contributed by atoms with Crippen LogP contribution in [0.5, 0.6) is 0 Å². The largest absolute Gasteiger partial charge is 0.481 e. The van der Waals surface area contributed by atoms with Gasteiger partial charge < -0.3 is 5.11 Å². The van der Waals surface area contributed by atoms with Gasteiger partial charge in [0.05, 0.1) is 5.92 Å². The van der Waals surface area contributed by atoms with Gasteiger partial charge in [0.15, 0.2) is 0 Å². The zero-order valence-electron chi connectivity index (χ0n) is 11.1. The van der Waals surface area contributed by atoms with Crippen LogP contribution in [0.15, 0.2) is 24.3 Å². The van der Waals surface area contributed by atoms with E-state index in [1.165, 1.54) is 17.5 Å². The van der Waals surface area contributed by atoms with E-state index in [0.717, 1.165) is 32.1 Å². The first-order chi connectivity index (χ1) is 8.72. The summed E-state index contributed by atoms with van der Waals surface area (Å²) in [7, 11) is 0. The molecule has 0 bridgehead atoms. The van der Waals surface area contributed by atoms with Gasteiger partial charge in [0, 0.05) is 0 Å². The van der Waals surface area contributed by atoms with Gasteiger partial charge in [-0.1, -0.05) is 37.6 Å². The average Bonchev–Trinajstić information content (AvgIpc) is 2.38. The minimum absolute atomic E-state index is 0.175. The second-order valence-electron chi connectivity index (χ2n) is 5.35. The van der Waals surface area contributed by atoms with Gasteiger partial charge in [-0.25, -0.2) is 0 Å². The van der Waals surface area contributed by atoms with Gasteiger partial charge in [-0.05, 0) is 49.1 Å². The van der Waals surface area contributed by atoms with Crippen molar-refractivity contribution in [2.45, 2.75) is 51.4 Å². The van der Waals surface area contributed by atoms with Crippen molar-refractivity contribution in [3.05, 3.63) is 35.4 Å². The fraction of sp³-hybridized carbons (Fsp3) is 0.562. The Hall–Kier alpha value is -1.31. The maximum atomic E-state index is 11.3. The van der Waals surface area contributed by atoms with Crippen molar-refractivity contribution in [1.82, 2.24) is 0 Å². The molecule has 1 N–H and O–H groups in total. The Morgan fingerprint density at radius 3 is 2.94 bits per heavy atom. The van der Waals surface area contributed by atoms with E-state index in [1.54, 1.807) is 0 Å². The summed E-state index contributed by atoms with van der Waals surface area (Å²) in [4.78, 5) is 11.3. The molecule has 0 heterocycles. The van der Waals surface area contributed by atoms with Crippen molar-refractivity contribution in [3.63, 3.8) is 0 Å². The van der Waals surface area contributed by atoms with E-state index in [9.17, 15) is 9.90 Å². The Balaban J connectivity index is 2.12. The van der Waals surface area contributed by atoms with Gasteiger partial charge in [0.25, 0.3) is 0 Å². The Labute approximate surface area is 109 Å². The standard InChI is InChI=1S/C16H22O2/c1-2-6-14(16(17)18)11-13-9-5-8-12-7-3-4-10-15(12)13/h3-4,7,10,13-14H,2,5-6,8-9,11H2,1H3,(H,17,18). The molecule has 2 nitrogen and oxygen atoms in total. The Bertz CT molecular complexity index is 411. The molecule has 1 aromatic carbocycles. The van der Waals surface area contributed by atoms with Crippen LogP contribution in [0.4, 0.5) is 0 Å². The van der Waals surface area contributed by atoms with E-state index < -0.39 is 5.97 Å². The van der Waals surface area contributed by atoms with E-state index in [1.807, 2.05) is 0 Å². The summed E-state index contributed by atoms with van der Waals surface area (Å²) < 4.78 is 0. The van der Waals surface area contributed by atoms with Crippen LogP contribution in [0.3, 0.4) is 0 Å². The minimum atomic E-state index is -0.625. The molecular formula is C16H22O2. The van der Waals surface area contributed by atoms with E-state index in [2.05, 4.69) is 31.2 Å². The van der Waals surface area contributed by atoms with Crippen LogP contribution in [0.1, 0.15) is 56.1 Å². The first-order valence-electron chi connectivity index (χ1n) is 7.03. The summed E-state index contributed by atoms with van der Waals surface area (Å²) in [6.07, 6.45) is 6.04. The smallest absolute Gasteiger partial charge is 0.306 e. The summed E-state index contributed by atoms with van der Waals surface area (Å²) in [6.45, 7) is 2.06. The van der Waals surface area contributed by atoms with Crippen molar-refractivity contribution in [3.8, 4) is 0 Å². The molecule has 0 spiro atoms. The number of carbonyl (C=O) groups is 1. The quantitative estimate of drug-likeness (QED) is 0.852. The molecule has 0 saturated heterocycles. The fourth-order valence-electron chi connectivity index (χ4n) is 3.13. The van der Waals surface area contributed by atoms with Crippen LogP contribution in [0, 0.1) is 5.92 Å². The predicted octanol–water partition coefficient (Wildman–Crippen LogP) is 4.00. The lowest BCUT2D eigenvalue weighted by Gasteiger charge is -2.27. The lowest BCUT2D eigenvalue weighted by molar-refractivity contribution is -0.142. The summed E-state index contributed by atoms with van der Waals surface area (Å²) in [5.41, 5.74) is 2.82. The van der Waals surface area contributed by atoms with Gasteiger partial charge >= 0.3 is 5.97 Å². The highest BCUT2D eigenvalue weighted by Crippen LogP contribution is 2.36. The third-order valence-electron chi connectivity index (χ3n) is 4.05. The van der Waals surface area contributed by atoms with Crippen LogP contribution in [-0.2, 0) is 11.2 Å². The number of benzene rings is 1. The van der Waals surface area contributed by atoms with Gasteiger partial charge in [-0.2, -0.15) is 0 Å². The monoisotopic (exact) mass is 246 g/mol. The van der Waals surface area contributed by atoms with Crippen molar-refractivity contribution in [1.29, 1.82) is 0 Å². The molecule has 1 aromatic rings. The second kappa shape index (κ2) is 6.03. The lowest BCUT2D eigenvalue weighted by Crippen LogP contribution is -2.19. The van der Waals surface area contributed by atoms with E-state index in [-0.39, 0.29) is 5.92 Å². The predicted molar refractivity (Wildman–Crippen MR) is 72.8 cm³/mol. The van der Waals surface area contributed by atoms with Crippen molar-refractivity contribution >= 4 is 5.97 Å². The molecule has 0 aromatic heterocycles. The molecule has 18 heavy (non-hydrogen) atoms. The number of hydrogen-bond donors (Lipinski definition) is 1. The molecule has 0 aliphatic heterocycles. The summed E-state index contributed by atoms with van der Waals surface area (Å²) in [5.74, 6) is -0.353. The van der Waals surface area contributed by atoms with Crippen LogP contribution >= 0.6 is 0 Å². The lowest BCUT2D eigenvalue weighted by atomic mass is 9.77. The van der Waals surface area contributed by atoms with Crippen molar-refractivity contribution < 1.29 is 9.90 Å². The number of rotatable bonds is 5. The highest BCUT2D eigenvalue weighted by atomic mass is 16.4. The number of carboxylic acid groups (broad SMARTS) is 1. The molecule has 0 saturated carbocycles. The van der Waals surface area contributed by atoms with Gasteiger partial charge in [-0.15, -0.1) is 0 Å². The number of aryl methyl sites for hydroxylation is 1. The molecular weight excluding hydrogens is 224 g/mol. The molecule has 2 unspecified atom stereocenters. The fourth-order valence-corrected chi connectivity index (χ4v) is 3.13. The van der Waals surface area contributed by atoms with E-state index in [4.69, 9.17) is 0 Å². The normalized spacial score (nSPS) is 20.2. The van der Waals surface area contributed by atoms with Crippen molar-refractivity contribution in [2.24, 2.45) is 5.92 Å². The van der Waals surface area contributed by atoms with E-state index >= 15 is 0 Å². The van der Waals surface area contributed by atoms with Crippen LogP contribution in [0.2, 0.25) is 0 Å². The summed E-state index contributed by atoms with van der Waals surface area (Å²) in [6, 6.07) is 8.54. The maximum Gasteiger partial charge on any atom is 0.306 e. The molecule has 2 atom stereocenters. The van der Waals surface area contributed by atoms with Crippen molar-refractivity contribution in [2.75, 3.05) is 0 Å². The number of aliphatic carboxylic acids is 1. The first-order valence-corrected chi connectivity index (χ1v) is 7.03. The number of fused-ring (bicyclic) bond motifs is 1. The number of carboxylic acids is 1. The van der Waals surface area contributed by atoms with Gasteiger partial charge in [0.1, 0.15) is 0 Å². The molecule has 2 heteroatoms. The third-order valence-corrected chi connectivity index (χ3v) is 4.05. The maximum absolute atomic E-state index is 11.3. The van der Waals surface area contributed by atoms with Gasteiger partial charge in [-0.3, -0.25) is 4.79 Å². The summed E-state index contributed by atoms with van der Waals surface area (Å²) in [5, 5.41) is 9.28. The molecule has 1 aliphatic rings. The van der Waals surface area contributed by atoms with Crippen LogP contribution < -0.4 is 0 Å². The number of hydrogen-bond acceptors (Lipinski definition) is 1. The highest BCUT2D eigenvalue weighted by Gasteiger charge is 2.26. The average molecular weight is 246 g/mol. The van der Waals surface area contributed by atoms with E-state index in [0.29, 0.717) is 5.92 Å². The molecule has 2 rings (SSSR count). The minimum Gasteiger partial charge on any atom is -0.481 e. The Morgan fingerprint density at radius 1 is 1.44 bits per heavy atom. The van der Waals surface area contributed by atoms with Crippen LogP contribution in [-0.4, -0.2) is 11.1 Å². The summed E-state index contributed by atoms with van der Waals surface area (Å²) >= 11 is 0. The Morgan fingerprint density at radius 2 is 2.22 bits per heavy atom. The second-order valence-corrected chi connectivity index (χ2v) is 5.35. The molecule has 1 aliphatic carbocycles. The molecule has 0 fully saturated rings. The zero-order chi connectivity index (χ0) is 13.0. The SMILES string of the molecule is CCCC(CC1CCCc2ccccc21)C(=O)O. The molecule has 98 valence electrons.